The molecule has 0 aromatic heterocycles. The number of halogens is 2. The van der Waals surface area contributed by atoms with E-state index in [0.29, 0.717) is 17.8 Å². The molecule has 28 heavy (non-hydrogen) atoms. The number of alkyl halides is 2. The molecular formula is C20H22F2N3O3+. The molecule has 2 aromatic rings. The van der Waals surface area contributed by atoms with Crippen LogP contribution >= 0.6 is 0 Å². The highest BCUT2D eigenvalue weighted by molar-refractivity contribution is 5.93. The van der Waals surface area contributed by atoms with Gasteiger partial charge in [0.1, 0.15) is 6.54 Å². The lowest BCUT2D eigenvalue weighted by Gasteiger charge is -2.21. The van der Waals surface area contributed by atoms with Crippen LogP contribution in [0.1, 0.15) is 18.1 Å². The highest BCUT2D eigenvalue weighted by atomic mass is 19.3. The van der Waals surface area contributed by atoms with Crippen molar-refractivity contribution in [2.45, 2.75) is 26.1 Å². The molecule has 6 nitrogen and oxygen atoms in total. The smallest absolute Gasteiger partial charge is 0.387 e. The Kier molecular flexibility index (Phi) is 7.29. The molecule has 2 rings (SSSR count). The van der Waals surface area contributed by atoms with Gasteiger partial charge in [-0.3, -0.25) is 4.79 Å². The Labute approximate surface area is 162 Å². The number of nitrogens with one attached hydrogen (secondary N) is 2. The summed E-state index contributed by atoms with van der Waals surface area (Å²) in [6, 6.07) is 13.0. The fraction of sp³-hybridized carbons (Fsp3) is 0.300. The number of carbonyl (C=O) groups excluding carboxylic acids is 1. The Hall–Kier alpha value is -3.18. The zero-order valence-corrected chi connectivity index (χ0v) is 15.8. The lowest BCUT2D eigenvalue weighted by molar-refractivity contribution is -0.907. The topological polar surface area (TPSA) is 75.8 Å². The highest BCUT2D eigenvalue weighted by Crippen LogP contribution is 2.29. The summed E-state index contributed by atoms with van der Waals surface area (Å²) in [5, 5.41) is 11.6. The monoisotopic (exact) mass is 390 g/mol. The molecule has 0 fully saturated rings. The molecule has 0 aliphatic rings. The summed E-state index contributed by atoms with van der Waals surface area (Å²) >= 11 is 0. The van der Waals surface area contributed by atoms with E-state index in [2.05, 4.69) is 10.1 Å². The number of likely N-dealkylation sites (N-methyl/N-ethyl adjacent to an activating group) is 1. The predicted molar refractivity (Wildman–Crippen MR) is 99.5 cm³/mol. The molecule has 2 atom stereocenters. The number of nitrogens with zero attached hydrogens (tertiary/aromatic N) is 1. The second-order valence-electron chi connectivity index (χ2n) is 6.29. The van der Waals surface area contributed by atoms with E-state index in [1.54, 1.807) is 43.3 Å². The maximum atomic E-state index is 12.5. The van der Waals surface area contributed by atoms with Crippen LogP contribution in [0.3, 0.4) is 0 Å². The van der Waals surface area contributed by atoms with E-state index in [4.69, 9.17) is 10.00 Å². The lowest BCUT2D eigenvalue weighted by Crippen LogP contribution is -3.12. The molecule has 148 valence electrons. The number of methoxy groups -OCH3 is 1. The molecular weight excluding hydrogens is 368 g/mol. The van der Waals surface area contributed by atoms with Crippen LogP contribution in [0.4, 0.5) is 14.5 Å². The molecule has 1 unspecified atom stereocenters. The second-order valence-corrected chi connectivity index (χ2v) is 6.29. The minimum absolute atomic E-state index is 0.0366. The van der Waals surface area contributed by atoms with E-state index in [-0.39, 0.29) is 23.4 Å². The summed E-state index contributed by atoms with van der Waals surface area (Å²) < 4.78 is 34.4. The average molecular weight is 390 g/mol. The van der Waals surface area contributed by atoms with Crippen molar-refractivity contribution in [3.8, 4) is 17.6 Å². The first-order valence-corrected chi connectivity index (χ1v) is 8.59. The maximum Gasteiger partial charge on any atom is 0.387 e. The normalized spacial score (nSPS) is 12.8. The molecule has 0 aliphatic carbocycles. The summed E-state index contributed by atoms with van der Waals surface area (Å²) in [4.78, 5) is 13.4. The Bertz CT molecular complexity index is 851. The van der Waals surface area contributed by atoms with E-state index >= 15 is 0 Å². The first-order chi connectivity index (χ1) is 13.3. The number of hydrogen-bond acceptors (Lipinski definition) is 4. The molecule has 2 N–H and O–H groups in total. The predicted octanol–water partition coefficient (Wildman–Crippen LogP) is 2.21. The van der Waals surface area contributed by atoms with Crippen LogP contribution in [0.2, 0.25) is 0 Å². The van der Waals surface area contributed by atoms with Gasteiger partial charge in [-0.05, 0) is 49.4 Å². The van der Waals surface area contributed by atoms with Crippen LogP contribution < -0.4 is 19.7 Å². The quantitative estimate of drug-likeness (QED) is 0.725. The largest absolute Gasteiger partial charge is 0.493 e. The number of carbonyl (C=O) groups is 1. The van der Waals surface area contributed by atoms with Crippen molar-refractivity contribution in [2.24, 2.45) is 0 Å². The lowest BCUT2D eigenvalue weighted by atomic mass is 10.1. The Morgan fingerprint density at radius 3 is 2.46 bits per heavy atom. The summed E-state index contributed by atoms with van der Waals surface area (Å²) in [5.41, 5.74) is 1.94. The van der Waals surface area contributed by atoms with Crippen LogP contribution in [-0.2, 0) is 11.3 Å². The standard InChI is InChI=1S/C20H21F2N3O3/c1-13(19(26)24-16-7-4-14(11-23)5-8-16)25(2)12-15-6-9-17(28-20(21)22)18(10-15)27-3/h4-10,13,20H,12H2,1-3H3,(H,24,26)/p+1/t13-/m0/s1. The van der Waals surface area contributed by atoms with Crippen LogP contribution in [0.15, 0.2) is 42.5 Å². The molecule has 0 spiro atoms. The molecule has 0 bridgehead atoms. The number of benzene rings is 2. The molecule has 8 heteroatoms. The van der Waals surface area contributed by atoms with Crippen LogP contribution in [0, 0.1) is 11.3 Å². The molecule has 1 amide bonds. The minimum atomic E-state index is -2.93. The number of ether oxygens (including phenoxy) is 2. The van der Waals surface area contributed by atoms with E-state index < -0.39 is 6.61 Å². The third-order valence-corrected chi connectivity index (χ3v) is 4.34. The van der Waals surface area contributed by atoms with Gasteiger partial charge in [0.2, 0.25) is 0 Å². The van der Waals surface area contributed by atoms with Crippen LogP contribution in [-0.4, -0.2) is 32.7 Å². The fourth-order valence-corrected chi connectivity index (χ4v) is 2.59. The van der Waals surface area contributed by atoms with Crippen molar-refractivity contribution in [3.05, 3.63) is 53.6 Å². The van der Waals surface area contributed by atoms with Crippen molar-refractivity contribution in [1.82, 2.24) is 0 Å². The van der Waals surface area contributed by atoms with Gasteiger partial charge in [-0.1, -0.05) is 0 Å². The highest BCUT2D eigenvalue weighted by Gasteiger charge is 2.22. The first-order valence-electron chi connectivity index (χ1n) is 8.59. The van der Waals surface area contributed by atoms with E-state index in [9.17, 15) is 13.6 Å². The van der Waals surface area contributed by atoms with E-state index in [0.717, 1.165) is 10.5 Å². The van der Waals surface area contributed by atoms with Crippen molar-refractivity contribution >= 4 is 11.6 Å². The summed E-state index contributed by atoms with van der Waals surface area (Å²) in [7, 11) is 3.24. The Morgan fingerprint density at radius 1 is 1.21 bits per heavy atom. The van der Waals surface area contributed by atoms with E-state index in [1.165, 1.54) is 13.2 Å². The Morgan fingerprint density at radius 2 is 1.89 bits per heavy atom. The van der Waals surface area contributed by atoms with Crippen molar-refractivity contribution < 1.29 is 27.9 Å². The van der Waals surface area contributed by atoms with E-state index in [1.807, 2.05) is 13.1 Å². The molecule has 0 saturated heterocycles. The fourth-order valence-electron chi connectivity index (χ4n) is 2.59. The van der Waals surface area contributed by atoms with Gasteiger partial charge >= 0.3 is 6.61 Å². The second kappa shape index (κ2) is 9.67. The van der Waals surface area contributed by atoms with Gasteiger partial charge in [-0.2, -0.15) is 14.0 Å². The van der Waals surface area contributed by atoms with Gasteiger partial charge in [0.25, 0.3) is 5.91 Å². The maximum absolute atomic E-state index is 12.5. The number of nitriles is 1. The third-order valence-electron chi connectivity index (χ3n) is 4.34. The van der Waals surface area contributed by atoms with Gasteiger partial charge < -0.3 is 19.7 Å². The number of hydrogen-bond donors (Lipinski definition) is 2. The molecule has 2 aromatic carbocycles. The average Bonchev–Trinajstić information content (AvgIpc) is 2.68. The van der Waals surface area contributed by atoms with Crippen molar-refractivity contribution in [2.75, 3.05) is 19.5 Å². The minimum Gasteiger partial charge on any atom is -0.493 e. The van der Waals surface area contributed by atoms with Gasteiger partial charge in [0.15, 0.2) is 17.5 Å². The molecule has 0 aliphatic heterocycles. The first kappa shape index (κ1) is 21.1. The summed E-state index contributed by atoms with van der Waals surface area (Å²) in [6.07, 6.45) is 0. The van der Waals surface area contributed by atoms with Crippen LogP contribution in [0.5, 0.6) is 11.5 Å². The SMILES string of the molecule is COc1cc(C[NH+](C)[C@@H](C)C(=O)Nc2ccc(C#N)cc2)ccc1OC(F)F. The van der Waals surface area contributed by atoms with Gasteiger partial charge in [-0.25, -0.2) is 0 Å². The van der Waals surface area contributed by atoms with Gasteiger partial charge in [0, 0.05) is 11.3 Å². The zero-order chi connectivity index (χ0) is 20.7. The van der Waals surface area contributed by atoms with Gasteiger partial charge in [-0.15, -0.1) is 0 Å². The summed E-state index contributed by atoms with van der Waals surface area (Å²) in [5.74, 6) is -0.00220. The zero-order valence-electron chi connectivity index (χ0n) is 15.8. The summed E-state index contributed by atoms with van der Waals surface area (Å²) in [6.45, 7) is -0.661. The van der Waals surface area contributed by atoms with Gasteiger partial charge in [0.05, 0.1) is 25.8 Å². The Balaban J connectivity index is 2.01. The van der Waals surface area contributed by atoms with Crippen molar-refractivity contribution in [3.63, 3.8) is 0 Å². The van der Waals surface area contributed by atoms with Crippen LogP contribution in [0.25, 0.3) is 0 Å². The third kappa shape index (κ3) is 5.66. The number of anilines is 1. The molecule has 0 heterocycles. The number of quaternary nitrogens is 1. The molecule has 0 saturated carbocycles. The number of amides is 1. The molecule has 0 radical (unpaired) electrons. The number of rotatable bonds is 8. The van der Waals surface area contributed by atoms with Crippen molar-refractivity contribution in [1.29, 1.82) is 5.26 Å².